The minimum atomic E-state index is -1.47. The van der Waals surface area contributed by atoms with Gasteiger partial charge in [-0.1, -0.05) is 44.0 Å². The Balaban J connectivity index is 2.23. The lowest BCUT2D eigenvalue weighted by Crippen LogP contribution is -2.46. The molecule has 0 spiro atoms. The van der Waals surface area contributed by atoms with E-state index in [0.717, 1.165) is 29.0 Å². The molecular weight excluding hydrogens is 300 g/mol. The lowest BCUT2D eigenvalue weighted by Gasteiger charge is -2.32. The fourth-order valence-corrected chi connectivity index (χ4v) is 4.23. The largest absolute Gasteiger partial charge is 0.465 e. The van der Waals surface area contributed by atoms with Crippen molar-refractivity contribution >= 4 is 31.5 Å². The van der Waals surface area contributed by atoms with Crippen molar-refractivity contribution in [3.8, 4) is 0 Å². The highest BCUT2D eigenvalue weighted by atomic mass is 32.1. The van der Waals surface area contributed by atoms with Gasteiger partial charge in [0.2, 0.25) is 0 Å². The van der Waals surface area contributed by atoms with Crippen LogP contribution in [0.4, 0.5) is 4.79 Å². The lowest BCUT2D eigenvalue weighted by molar-refractivity contribution is 0.190. The summed E-state index contributed by atoms with van der Waals surface area (Å²) in [5.74, 6) is 0. The molecule has 1 aliphatic rings. The van der Waals surface area contributed by atoms with Crippen LogP contribution in [0.25, 0.3) is 0 Å². The number of thiocarbonyl (C=S) groups is 1. The number of aryl methyl sites for hydroxylation is 1. The summed E-state index contributed by atoms with van der Waals surface area (Å²) in [7, 11) is 0.601. The van der Waals surface area contributed by atoms with E-state index in [4.69, 9.17) is 17.3 Å². The van der Waals surface area contributed by atoms with E-state index >= 15 is 0 Å². The molecule has 0 radical (unpaired) electrons. The minimum Gasteiger partial charge on any atom is -0.465 e. The van der Waals surface area contributed by atoms with Gasteiger partial charge in [-0.2, -0.15) is 0 Å². The average Bonchev–Trinajstić information content (AvgIpc) is 2.77. The van der Waals surface area contributed by atoms with Crippen LogP contribution in [0, 0.1) is 0 Å². The standard InChI is InChI=1S/C15H22N2O2SSi/c1-17(21(2,3)4)14(20)11-5-7-12-10(9-11)6-8-13(12)16-15(18)19/h5,7,9,13,16H,6,8H2,1-4H3,(H,18,19). The van der Waals surface area contributed by atoms with Crippen LogP contribution in [0.5, 0.6) is 0 Å². The fraction of sp³-hybridized carbons (Fsp3) is 0.467. The summed E-state index contributed by atoms with van der Waals surface area (Å²) in [6, 6.07) is 6.06. The van der Waals surface area contributed by atoms with Crippen molar-refractivity contribution in [3.05, 3.63) is 34.9 Å². The van der Waals surface area contributed by atoms with Gasteiger partial charge >= 0.3 is 6.09 Å². The molecule has 4 nitrogen and oxygen atoms in total. The highest BCUT2D eigenvalue weighted by Gasteiger charge is 2.27. The SMILES string of the molecule is CN(C(=S)c1ccc2c(c1)CCC2NC(=O)O)[Si](C)(C)C. The highest BCUT2D eigenvalue weighted by molar-refractivity contribution is 7.80. The first-order chi connectivity index (χ1) is 9.70. The molecule has 2 rings (SSSR count). The summed E-state index contributed by atoms with van der Waals surface area (Å²) < 4.78 is 2.23. The molecule has 0 saturated heterocycles. The average molecular weight is 323 g/mol. The van der Waals surface area contributed by atoms with Crippen LogP contribution in [0.3, 0.4) is 0 Å². The van der Waals surface area contributed by atoms with Gasteiger partial charge in [-0.25, -0.2) is 4.79 Å². The first-order valence-corrected chi connectivity index (χ1v) is 11.0. The van der Waals surface area contributed by atoms with Gasteiger partial charge in [0.15, 0.2) is 0 Å². The van der Waals surface area contributed by atoms with Gasteiger partial charge in [0.25, 0.3) is 0 Å². The Bertz CT molecular complexity index is 584. The van der Waals surface area contributed by atoms with Gasteiger partial charge in [0, 0.05) is 5.56 Å². The van der Waals surface area contributed by atoms with Gasteiger partial charge < -0.3 is 15.0 Å². The molecule has 114 valence electrons. The van der Waals surface area contributed by atoms with Crippen molar-refractivity contribution in [1.82, 2.24) is 9.88 Å². The summed E-state index contributed by atoms with van der Waals surface area (Å²) in [4.78, 5) is 11.7. The van der Waals surface area contributed by atoms with E-state index in [1.165, 1.54) is 5.56 Å². The van der Waals surface area contributed by atoms with Crippen LogP contribution in [-0.2, 0) is 6.42 Å². The van der Waals surface area contributed by atoms with E-state index in [9.17, 15) is 4.79 Å². The molecule has 1 unspecified atom stereocenters. The molecule has 0 bridgehead atoms. The predicted octanol–water partition coefficient (Wildman–Crippen LogP) is 3.38. The number of benzene rings is 1. The Labute approximate surface area is 132 Å². The topological polar surface area (TPSA) is 52.6 Å². The van der Waals surface area contributed by atoms with Crippen molar-refractivity contribution in [2.75, 3.05) is 7.05 Å². The van der Waals surface area contributed by atoms with Crippen LogP contribution in [0.2, 0.25) is 19.6 Å². The molecule has 0 fully saturated rings. The fourth-order valence-electron chi connectivity index (χ4n) is 2.55. The molecule has 1 atom stereocenters. The number of rotatable bonds is 3. The van der Waals surface area contributed by atoms with Gasteiger partial charge in [0.05, 0.1) is 6.04 Å². The number of hydrogen-bond acceptors (Lipinski definition) is 2. The summed E-state index contributed by atoms with van der Waals surface area (Å²) in [6.07, 6.45) is 0.751. The Morgan fingerprint density at radius 2 is 2.10 bits per heavy atom. The van der Waals surface area contributed by atoms with Gasteiger partial charge in [0.1, 0.15) is 13.2 Å². The second-order valence-corrected chi connectivity index (χ2v) is 11.9. The van der Waals surface area contributed by atoms with Crippen LogP contribution in [0.1, 0.15) is 29.2 Å². The molecule has 6 heteroatoms. The van der Waals surface area contributed by atoms with Crippen LogP contribution < -0.4 is 5.32 Å². The van der Waals surface area contributed by atoms with Crippen molar-refractivity contribution in [2.24, 2.45) is 0 Å². The quantitative estimate of drug-likeness (QED) is 0.662. The third-order valence-electron chi connectivity index (χ3n) is 4.08. The van der Waals surface area contributed by atoms with Gasteiger partial charge in [-0.05, 0) is 37.1 Å². The monoisotopic (exact) mass is 322 g/mol. The molecule has 0 saturated carbocycles. The van der Waals surface area contributed by atoms with E-state index in [1.807, 2.05) is 12.1 Å². The van der Waals surface area contributed by atoms with Gasteiger partial charge in [-0.3, -0.25) is 0 Å². The number of carbonyl (C=O) groups is 1. The van der Waals surface area contributed by atoms with Gasteiger partial charge in [-0.15, -0.1) is 0 Å². The number of fused-ring (bicyclic) bond motifs is 1. The smallest absolute Gasteiger partial charge is 0.405 e. The number of nitrogens with zero attached hydrogens (tertiary/aromatic N) is 1. The van der Waals surface area contributed by atoms with E-state index in [0.29, 0.717) is 0 Å². The Kier molecular flexibility index (Phi) is 4.39. The summed E-state index contributed by atoms with van der Waals surface area (Å²) >= 11 is 5.61. The van der Waals surface area contributed by atoms with E-state index in [2.05, 4.69) is 42.6 Å². The van der Waals surface area contributed by atoms with Crippen LogP contribution in [-0.4, -0.2) is 36.0 Å². The second-order valence-electron chi connectivity index (χ2n) is 6.49. The summed E-state index contributed by atoms with van der Waals surface area (Å²) in [6.45, 7) is 6.79. The number of amides is 1. The maximum Gasteiger partial charge on any atom is 0.405 e. The molecule has 0 heterocycles. The zero-order valence-corrected chi connectivity index (χ0v) is 14.8. The third-order valence-corrected chi connectivity index (χ3v) is 6.98. The predicted molar refractivity (Wildman–Crippen MR) is 91.5 cm³/mol. The maximum absolute atomic E-state index is 10.8. The third kappa shape index (κ3) is 3.44. The van der Waals surface area contributed by atoms with Crippen LogP contribution in [0.15, 0.2) is 18.2 Å². The highest BCUT2D eigenvalue weighted by Crippen LogP contribution is 2.32. The molecule has 2 N–H and O–H groups in total. The minimum absolute atomic E-state index is 0.0881. The Morgan fingerprint density at radius 3 is 2.67 bits per heavy atom. The molecule has 0 aromatic heterocycles. The van der Waals surface area contributed by atoms with Crippen molar-refractivity contribution in [3.63, 3.8) is 0 Å². The molecule has 0 aliphatic heterocycles. The zero-order valence-electron chi connectivity index (χ0n) is 12.9. The van der Waals surface area contributed by atoms with E-state index in [1.54, 1.807) is 0 Å². The normalized spacial score (nSPS) is 17.2. The Morgan fingerprint density at radius 1 is 1.43 bits per heavy atom. The summed E-state index contributed by atoms with van der Waals surface area (Å²) in [5.41, 5.74) is 3.35. The first-order valence-electron chi connectivity index (χ1n) is 7.10. The van der Waals surface area contributed by atoms with Crippen molar-refractivity contribution in [2.45, 2.75) is 38.5 Å². The lowest BCUT2D eigenvalue weighted by atomic mass is 10.0. The van der Waals surface area contributed by atoms with E-state index in [-0.39, 0.29) is 6.04 Å². The molecular formula is C15H22N2O2SSi. The summed E-state index contributed by atoms with van der Waals surface area (Å²) in [5, 5.41) is 11.4. The Hall–Kier alpha value is -1.40. The number of nitrogens with one attached hydrogen (secondary N) is 1. The number of hydrogen-bond donors (Lipinski definition) is 2. The van der Waals surface area contributed by atoms with E-state index < -0.39 is 14.3 Å². The second kappa shape index (κ2) is 5.77. The molecule has 1 aromatic carbocycles. The van der Waals surface area contributed by atoms with Crippen molar-refractivity contribution < 1.29 is 9.90 Å². The zero-order chi connectivity index (χ0) is 15.8. The van der Waals surface area contributed by atoms with Crippen LogP contribution >= 0.6 is 12.2 Å². The van der Waals surface area contributed by atoms with Crippen molar-refractivity contribution in [1.29, 1.82) is 0 Å². The maximum atomic E-state index is 10.8. The first kappa shape index (κ1) is 16.0. The molecule has 1 aliphatic carbocycles. The molecule has 21 heavy (non-hydrogen) atoms. The number of carboxylic acid groups (broad SMARTS) is 1. The molecule has 1 amide bonds. The molecule has 1 aromatic rings.